The van der Waals surface area contributed by atoms with Gasteiger partial charge in [-0.15, -0.1) is 0 Å². The molecule has 5 heteroatoms. The second kappa shape index (κ2) is 6.93. The average Bonchev–Trinajstić information content (AvgIpc) is 2.45. The second-order valence-corrected chi connectivity index (χ2v) is 4.83. The van der Waals surface area contributed by atoms with Crippen molar-refractivity contribution in [3.63, 3.8) is 0 Å². The Morgan fingerprint density at radius 1 is 1.25 bits per heavy atom. The number of nitrogens with one attached hydrogen (secondary N) is 1. The summed E-state index contributed by atoms with van der Waals surface area (Å²) in [6.45, 7) is 3.92. The average molecular weight is 276 g/mol. The topological polar surface area (TPSA) is 58.6 Å². The van der Waals surface area contributed by atoms with Crippen LogP contribution in [0.4, 0.5) is 4.79 Å². The van der Waals surface area contributed by atoms with Crippen molar-refractivity contribution in [1.82, 2.24) is 10.2 Å². The minimum absolute atomic E-state index is 0.191. The van der Waals surface area contributed by atoms with Gasteiger partial charge in [-0.05, 0) is 30.5 Å². The molecule has 2 rings (SSSR count). The van der Waals surface area contributed by atoms with Gasteiger partial charge in [-0.1, -0.05) is 19.1 Å². The molecule has 108 valence electrons. The molecule has 0 bridgehead atoms. The van der Waals surface area contributed by atoms with Gasteiger partial charge in [0.2, 0.25) is 5.91 Å². The molecule has 3 amide bonds. The summed E-state index contributed by atoms with van der Waals surface area (Å²) in [5.74, 6) is 0.681. The molecular weight excluding hydrogens is 256 g/mol. The molecule has 5 nitrogen and oxygen atoms in total. The molecule has 1 heterocycles. The molecule has 20 heavy (non-hydrogen) atoms. The minimum Gasteiger partial charge on any atom is -0.494 e. The molecule has 1 aliphatic heterocycles. The van der Waals surface area contributed by atoms with E-state index in [0.717, 1.165) is 30.8 Å². The van der Waals surface area contributed by atoms with Gasteiger partial charge in [0.1, 0.15) is 5.75 Å². The Bertz CT molecular complexity index is 471. The molecule has 0 aromatic heterocycles. The van der Waals surface area contributed by atoms with Crippen LogP contribution in [0.1, 0.15) is 25.3 Å². The summed E-state index contributed by atoms with van der Waals surface area (Å²) < 4.78 is 5.52. The number of carbonyl (C=O) groups is 2. The molecule has 0 unspecified atom stereocenters. The normalized spacial score (nSPS) is 15.2. The highest BCUT2D eigenvalue weighted by atomic mass is 16.5. The molecule has 0 spiro atoms. The van der Waals surface area contributed by atoms with Crippen molar-refractivity contribution in [2.45, 2.75) is 26.2 Å². The Balaban J connectivity index is 1.81. The smallest absolute Gasteiger partial charge is 0.324 e. The van der Waals surface area contributed by atoms with E-state index < -0.39 is 0 Å². The van der Waals surface area contributed by atoms with Crippen molar-refractivity contribution < 1.29 is 14.3 Å². The maximum Gasteiger partial charge on any atom is 0.324 e. The Labute approximate surface area is 118 Å². The predicted molar refractivity (Wildman–Crippen MR) is 75.7 cm³/mol. The third kappa shape index (κ3) is 3.98. The largest absolute Gasteiger partial charge is 0.494 e. The lowest BCUT2D eigenvalue weighted by Crippen LogP contribution is -2.49. The summed E-state index contributed by atoms with van der Waals surface area (Å²) in [6, 6.07) is 7.63. The summed E-state index contributed by atoms with van der Waals surface area (Å²) in [6.07, 6.45) is 2.15. The van der Waals surface area contributed by atoms with E-state index in [1.54, 1.807) is 4.90 Å². The minimum atomic E-state index is -0.288. The van der Waals surface area contributed by atoms with E-state index >= 15 is 0 Å². The molecular formula is C15H20N2O3. The fourth-order valence-corrected chi connectivity index (χ4v) is 2.05. The fourth-order valence-electron chi connectivity index (χ4n) is 2.05. The Morgan fingerprint density at radius 3 is 2.65 bits per heavy atom. The SMILES string of the molecule is CCCOc1ccc(CCN2CCC(=O)NC2=O)cc1. The van der Waals surface area contributed by atoms with Crippen LogP contribution in [0.5, 0.6) is 5.75 Å². The first-order valence-corrected chi connectivity index (χ1v) is 6.99. The maximum atomic E-state index is 11.6. The number of amides is 3. The van der Waals surface area contributed by atoms with Crippen LogP contribution in [0, 0.1) is 0 Å². The first-order chi connectivity index (χ1) is 9.69. The summed E-state index contributed by atoms with van der Waals surface area (Å²) >= 11 is 0. The molecule has 0 aliphatic carbocycles. The lowest BCUT2D eigenvalue weighted by Gasteiger charge is -2.26. The van der Waals surface area contributed by atoms with Gasteiger partial charge in [-0.25, -0.2) is 4.79 Å². The number of imide groups is 1. The zero-order valence-corrected chi connectivity index (χ0v) is 11.7. The van der Waals surface area contributed by atoms with Crippen LogP contribution >= 0.6 is 0 Å². The number of nitrogens with zero attached hydrogens (tertiary/aromatic N) is 1. The molecule has 1 aromatic rings. The zero-order chi connectivity index (χ0) is 14.4. The van der Waals surface area contributed by atoms with Crippen molar-refractivity contribution in [3.05, 3.63) is 29.8 Å². The monoisotopic (exact) mass is 276 g/mol. The van der Waals surface area contributed by atoms with Crippen LogP contribution in [0.25, 0.3) is 0 Å². The molecule has 1 aromatic carbocycles. The van der Waals surface area contributed by atoms with Crippen molar-refractivity contribution in [2.75, 3.05) is 19.7 Å². The third-order valence-corrected chi connectivity index (χ3v) is 3.21. The van der Waals surface area contributed by atoms with Crippen LogP contribution in [-0.2, 0) is 11.2 Å². The number of benzene rings is 1. The molecule has 0 atom stereocenters. The number of carbonyl (C=O) groups excluding carboxylic acids is 2. The number of urea groups is 1. The lowest BCUT2D eigenvalue weighted by molar-refractivity contribution is -0.121. The Hall–Kier alpha value is -2.04. The molecule has 1 saturated heterocycles. The van der Waals surface area contributed by atoms with E-state index in [2.05, 4.69) is 12.2 Å². The first-order valence-electron chi connectivity index (χ1n) is 6.99. The molecule has 0 saturated carbocycles. The van der Waals surface area contributed by atoms with Gasteiger partial charge in [-0.2, -0.15) is 0 Å². The van der Waals surface area contributed by atoms with E-state index in [9.17, 15) is 9.59 Å². The van der Waals surface area contributed by atoms with Crippen molar-refractivity contribution in [1.29, 1.82) is 0 Å². The molecule has 1 fully saturated rings. The lowest BCUT2D eigenvalue weighted by atomic mass is 10.1. The van der Waals surface area contributed by atoms with E-state index in [-0.39, 0.29) is 11.9 Å². The summed E-state index contributed by atoms with van der Waals surface area (Å²) in [5, 5.41) is 2.33. The number of hydrogen-bond donors (Lipinski definition) is 1. The van der Waals surface area contributed by atoms with E-state index in [0.29, 0.717) is 19.5 Å². The van der Waals surface area contributed by atoms with Crippen LogP contribution < -0.4 is 10.1 Å². The Kier molecular flexibility index (Phi) is 4.98. The highest BCUT2D eigenvalue weighted by Gasteiger charge is 2.22. The maximum absolute atomic E-state index is 11.6. The highest BCUT2D eigenvalue weighted by Crippen LogP contribution is 2.13. The van der Waals surface area contributed by atoms with Crippen molar-refractivity contribution in [2.24, 2.45) is 0 Å². The molecule has 1 N–H and O–H groups in total. The van der Waals surface area contributed by atoms with Gasteiger partial charge < -0.3 is 9.64 Å². The quantitative estimate of drug-likeness (QED) is 0.864. The molecule has 0 radical (unpaired) electrons. The van der Waals surface area contributed by atoms with Crippen LogP contribution in [0.2, 0.25) is 0 Å². The number of hydrogen-bond acceptors (Lipinski definition) is 3. The van der Waals surface area contributed by atoms with Gasteiger partial charge >= 0.3 is 6.03 Å². The summed E-state index contributed by atoms with van der Waals surface area (Å²) in [7, 11) is 0. The highest BCUT2D eigenvalue weighted by molar-refractivity contribution is 5.96. The van der Waals surface area contributed by atoms with Crippen LogP contribution in [0.3, 0.4) is 0 Å². The first kappa shape index (κ1) is 14.4. The van der Waals surface area contributed by atoms with Gasteiger partial charge in [0.05, 0.1) is 6.61 Å². The van der Waals surface area contributed by atoms with Gasteiger partial charge in [0, 0.05) is 19.5 Å². The zero-order valence-electron chi connectivity index (χ0n) is 11.7. The van der Waals surface area contributed by atoms with E-state index in [1.165, 1.54) is 0 Å². The summed E-state index contributed by atoms with van der Waals surface area (Å²) in [4.78, 5) is 24.3. The van der Waals surface area contributed by atoms with E-state index in [4.69, 9.17) is 4.74 Å². The Morgan fingerprint density at radius 2 is 2.00 bits per heavy atom. The standard InChI is InChI=1S/C15H20N2O3/c1-2-11-20-13-5-3-12(4-6-13)7-9-17-10-8-14(18)16-15(17)19/h3-6H,2,7-11H2,1H3,(H,16,18,19). The summed E-state index contributed by atoms with van der Waals surface area (Å²) in [5.41, 5.74) is 1.15. The number of rotatable bonds is 6. The van der Waals surface area contributed by atoms with Crippen LogP contribution in [-0.4, -0.2) is 36.5 Å². The third-order valence-electron chi connectivity index (χ3n) is 3.21. The van der Waals surface area contributed by atoms with Gasteiger partial charge in [0.15, 0.2) is 0 Å². The van der Waals surface area contributed by atoms with Crippen molar-refractivity contribution in [3.8, 4) is 5.75 Å². The van der Waals surface area contributed by atoms with Crippen molar-refractivity contribution >= 4 is 11.9 Å². The fraction of sp³-hybridized carbons (Fsp3) is 0.467. The second-order valence-electron chi connectivity index (χ2n) is 4.83. The van der Waals surface area contributed by atoms with Gasteiger partial charge in [-0.3, -0.25) is 10.1 Å². The predicted octanol–water partition coefficient (Wildman–Crippen LogP) is 1.96. The molecule has 1 aliphatic rings. The number of ether oxygens (including phenoxy) is 1. The van der Waals surface area contributed by atoms with Gasteiger partial charge in [0.25, 0.3) is 0 Å². The van der Waals surface area contributed by atoms with Crippen LogP contribution in [0.15, 0.2) is 24.3 Å². The van der Waals surface area contributed by atoms with E-state index in [1.807, 2.05) is 24.3 Å².